The zero-order chi connectivity index (χ0) is 13.9. The fourth-order valence-corrected chi connectivity index (χ4v) is 3.29. The molecule has 1 aromatic carbocycles. The maximum Gasteiger partial charge on any atom is 0.209 e. The van der Waals surface area contributed by atoms with Crippen LogP contribution in [0.5, 0.6) is 5.75 Å². The number of nitrogens with zero attached hydrogens (tertiary/aromatic N) is 4. The minimum absolute atomic E-state index is 0.508. The van der Waals surface area contributed by atoms with E-state index < -0.39 is 0 Å². The molecular formula is C12H14ClN5OS. The van der Waals surface area contributed by atoms with Gasteiger partial charge in [-0.3, -0.25) is 0 Å². The van der Waals surface area contributed by atoms with E-state index in [1.807, 2.05) is 12.1 Å². The Kier molecular flexibility index (Phi) is 4.09. The lowest BCUT2D eigenvalue weighted by Gasteiger charge is -2.08. The summed E-state index contributed by atoms with van der Waals surface area (Å²) in [5.41, 5.74) is 7.78. The summed E-state index contributed by atoms with van der Waals surface area (Å²) in [5.74, 6) is 1.67. The van der Waals surface area contributed by atoms with E-state index in [9.17, 15) is 0 Å². The summed E-state index contributed by atoms with van der Waals surface area (Å²) < 4.78 is 7.39. The summed E-state index contributed by atoms with van der Waals surface area (Å²) in [5, 5.41) is 13.1. The second-order valence-electron chi connectivity index (χ2n) is 4.41. The number of halogens is 1. The minimum Gasteiger partial charge on any atom is -0.493 e. The van der Waals surface area contributed by atoms with Crippen molar-refractivity contribution in [2.24, 2.45) is 5.73 Å². The Hall–Kier alpha value is -1.31. The van der Waals surface area contributed by atoms with Gasteiger partial charge in [-0.05, 0) is 28.1 Å². The molecule has 0 saturated carbocycles. The molecule has 2 heterocycles. The first-order valence-electron chi connectivity index (χ1n) is 6.31. The highest BCUT2D eigenvalue weighted by atomic mass is 35.5. The zero-order valence-corrected chi connectivity index (χ0v) is 12.3. The first-order valence-corrected chi connectivity index (χ1v) is 7.67. The van der Waals surface area contributed by atoms with Crippen molar-refractivity contribution in [2.45, 2.75) is 23.9 Å². The Morgan fingerprint density at radius 2 is 2.35 bits per heavy atom. The molecule has 20 heavy (non-hydrogen) atoms. The van der Waals surface area contributed by atoms with Gasteiger partial charge in [0, 0.05) is 29.3 Å². The molecule has 3 rings (SSSR count). The third-order valence-corrected chi connectivity index (χ3v) is 4.25. The molecule has 0 saturated heterocycles. The molecule has 1 aliphatic rings. The lowest BCUT2D eigenvalue weighted by molar-refractivity contribution is 0.354. The average molecular weight is 312 g/mol. The number of ether oxygens (including phenoxy) is 1. The fourth-order valence-electron chi connectivity index (χ4n) is 2.16. The van der Waals surface area contributed by atoms with Gasteiger partial charge in [-0.25, -0.2) is 4.68 Å². The van der Waals surface area contributed by atoms with Crippen LogP contribution in [0.15, 0.2) is 17.3 Å². The van der Waals surface area contributed by atoms with Gasteiger partial charge in [0.1, 0.15) is 5.75 Å². The molecule has 0 unspecified atom stereocenters. The molecule has 106 valence electrons. The van der Waals surface area contributed by atoms with Crippen molar-refractivity contribution in [3.8, 4) is 5.75 Å². The Morgan fingerprint density at radius 1 is 1.45 bits per heavy atom. The van der Waals surface area contributed by atoms with Crippen molar-refractivity contribution in [3.05, 3.63) is 28.3 Å². The molecular weight excluding hydrogens is 298 g/mol. The van der Waals surface area contributed by atoms with E-state index in [4.69, 9.17) is 22.1 Å². The third kappa shape index (κ3) is 2.74. The summed E-state index contributed by atoms with van der Waals surface area (Å²) in [4.78, 5) is 0. The van der Waals surface area contributed by atoms with E-state index in [2.05, 4.69) is 15.5 Å². The zero-order valence-electron chi connectivity index (χ0n) is 10.8. The van der Waals surface area contributed by atoms with Crippen molar-refractivity contribution >= 4 is 23.4 Å². The van der Waals surface area contributed by atoms with E-state index in [1.165, 1.54) is 5.56 Å². The number of rotatable bonds is 5. The standard InChI is InChI=1S/C12H14ClN5OS/c13-10-5-8-1-4-19-11(8)9(6-10)7-20-12-15-16-17-18(12)3-2-14/h5-6H,1-4,7,14H2. The maximum atomic E-state index is 6.14. The van der Waals surface area contributed by atoms with Crippen LogP contribution in [0, 0.1) is 0 Å². The van der Waals surface area contributed by atoms with Crippen LogP contribution in [0.3, 0.4) is 0 Å². The number of aromatic nitrogens is 4. The molecule has 2 N–H and O–H groups in total. The molecule has 1 aliphatic heterocycles. The number of nitrogens with two attached hydrogens (primary N) is 1. The largest absolute Gasteiger partial charge is 0.493 e. The highest BCUT2D eigenvalue weighted by molar-refractivity contribution is 7.98. The van der Waals surface area contributed by atoms with Gasteiger partial charge in [0.25, 0.3) is 0 Å². The van der Waals surface area contributed by atoms with Crippen molar-refractivity contribution in [2.75, 3.05) is 13.2 Å². The molecule has 6 nitrogen and oxygen atoms in total. The molecule has 0 atom stereocenters. The normalized spacial score (nSPS) is 13.3. The summed E-state index contributed by atoms with van der Waals surface area (Å²) in [6, 6.07) is 3.91. The van der Waals surface area contributed by atoms with Crippen LogP contribution >= 0.6 is 23.4 Å². The second-order valence-corrected chi connectivity index (χ2v) is 5.79. The highest BCUT2D eigenvalue weighted by Gasteiger charge is 2.18. The second kappa shape index (κ2) is 5.99. The van der Waals surface area contributed by atoms with Gasteiger partial charge in [0.05, 0.1) is 13.2 Å². The number of tetrazole rings is 1. The number of fused-ring (bicyclic) bond motifs is 1. The van der Waals surface area contributed by atoms with Crippen molar-refractivity contribution < 1.29 is 4.74 Å². The molecule has 0 amide bonds. The van der Waals surface area contributed by atoms with Crippen LogP contribution in [-0.2, 0) is 18.7 Å². The van der Waals surface area contributed by atoms with Gasteiger partial charge in [-0.15, -0.1) is 5.10 Å². The molecule has 0 fully saturated rings. The third-order valence-electron chi connectivity index (χ3n) is 3.02. The molecule has 0 bridgehead atoms. The van der Waals surface area contributed by atoms with E-state index in [0.29, 0.717) is 18.8 Å². The first-order chi connectivity index (χ1) is 9.78. The summed E-state index contributed by atoms with van der Waals surface area (Å²) >= 11 is 7.70. The van der Waals surface area contributed by atoms with Crippen LogP contribution in [-0.4, -0.2) is 33.4 Å². The monoisotopic (exact) mass is 311 g/mol. The SMILES string of the molecule is NCCn1nnnc1SCc1cc(Cl)cc2c1OCC2. The maximum absolute atomic E-state index is 6.14. The quantitative estimate of drug-likeness (QED) is 0.843. The smallest absolute Gasteiger partial charge is 0.209 e. The molecule has 1 aromatic heterocycles. The molecule has 8 heteroatoms. The summed E-state index contributed by atoms with van der Waals surface area (Å²) in [7, 11) is 0. The van der Waals surface area contributed by atoms with E-state index in [1.54, 1.807) is 16.4 Å². The molecule has 0 spiro atoms. The van der Waals surface area contributed by atoms with Gasteiger partial charge in [0.2, 0.25) is 5.16 Å². The lowest BCUT2D eigenvalue weighted by Crippen LogP contribution is -2.12. The Bertz CT molecular complexity index is 618. The van der Waals surface area contributed by atoms with Gasteiger partial charge in [-0.2, -0.15) is 0 Å². The van der Waals surface area contributed by atoms with Crippen LogP contribution in [0.25, 0.3) is 0 Å². The average Bonchev–Trinajstić information content (AvgIpc) is 3.05. The van der Waals surface area contributed by atoms with Crippen molar-refractivity contribution in [1.29, 1.82) is 0 Å². The van der Waals surface area contributed by atoms with E-state index in [0.717, 1.165) is 34.5 Å². The predicted octanol–water partition coefficient (Wildman–Crippen LogP) is 1.51. The van der Waals surface area contributed by atoms with Crippen LogP contribution in [0.2, 0.25) is 5.02 Å². The molecule has 0 radical (unpaired) electrons. The Balaban J connectivity index is 1.77. The fraction of sp³-hybridized carbons (Fsp3) is 0.417. The predicted molar refractivity (Wildman–Crippen MR) is 77.1 cm³/mol. The number of hydrogen-bond donors (Lipinski definition) is 1. The van der Waals surface area contributed by atoms with E-state index >= 15 is 0 Å². The van der Waals surface area contributed by atoms with Gasteiger partial charge < -0.3 is 10.5 Å². The topological polar surface area (TPSA) is 78.9 Å². The summed E-state index contributed by atoms with van der Waals surface area (Å²) in [6.45, 7) is 1.84. The van der Waals surface area contributed by atoms with Crippen LogP contribution < -0.4 is 10.5 Å². The summed E-state index contributed by atoms with van der Waals surface area (Å²) in [6.07, 6.45) is 0.915. The van der Waals surface area contributed by atoms with Crippen molar-refractivity contribution in [3.63, 3.8) is 0 Å². The molecule has 0 aliphatic carbocycles. The minimum atomic E-state index is 0.508. The Morgan fingerprint density at radius 3 is 3.20 bits per heavy atom. The van der Waals surface area contributed by atoms with Gasteiger partial charge in [-0.1, -0.05) is 23.4 Å². The van der Waals surface area contributed by atoms with Gasteiger partial charge >= 0.3 is 0 Å². The molecule has 2 aromatic rings. The first kappa shape index (κ1) is 13.7. The number of hydrogen-bond acceptors (Lipinski definition) is 6. The highest BCUT2D eigenvalue weighted by Crippen LogP contribution is 2.35. The Labute approximate surface area is 125 Å². The van der Waals surface area contributed by atoms with Crippen molar-refractivity contribution in [1.82, 2.24) is 20.2 Å². The number of benzene rings is 1. The lowest BCUT2D eigenvalue weighted by atomic mass is 10.1. The van der Waals surface area contributed by atoms with E-state index in [-0.39, 0.29) is 0 Å². The number of thioether (sulfide) groups is 1. The van der Waals surface area contributed by atoms with Crippen LogP contribution in [0.1, 0.15) is 11.1 Å². The van der Waals surface area contributed by atoms with Crippen LogP contribution in [0.4, 0.5) is 0 Å². The van der Waals surface area contributed by atoms with Gasteiger partial charge in [0.15, 0.2) is 0 Å².